The van der Waals surface area contributed by atoms with Crippen LogP contribution in [0.5, 0.6) is 0 Å². The maximum absolute atomic E-state index is 2.40. The van der Waals surface area contributed by atoms with Crippen LogP contribution in [-0.4, -0.2) is 9.13 Å². The third-order valence-corrected chi connectivity index (χ3v) is 6.34. The zero-order valence-corrected chi connectivity index (χ0v) is 16.7. The molecule has 0 saturated carbocycles. The highest BCUT2D eigenvalue weighted by molar-refractivity contribution is 6.11. The van der Waals surface area contributed by atoms with Crippen LogP contribution in [0.15, 0.2) is 84.9 Å². The number of aromatic nitrogens is 2. The van der Waals surface area contributed by atoms with Crippen molar-refractivity contribution in [2.24, 2.45) is 7.05 Å². The van der Waals surface area contributed by atoms with Crippen molar-refractivity contribution < 1.29 is 0 Å². The minimum absolute atomic E-state index is 0.977. The van der Waals surface area contributed by atoms with Crippen LogP contribution in [0.1, 0.15) is 6.92 Å². The molecule has 0 N–H and O–H groups in total. The minimum Gasteiger partial charge on any atom is -0.344 e. The number of benzene rings is 4. The van der Waals surface area contributed by atoms with Gasteiger partial charge in [0, 0.05) is 57.2 Å². The molecular weight excluding hydrogens is 352 g/mol. The van der Waals surface area contributed by atoms with E-state index in [2.05, 4.69) is 108 Å². The van der Waals surface area contributed by atoms with E-state index in [4.69, 9.17) is 0 Å². The quantitative estimate of drug-likeness (QED) is 0.305. The van der Waals surface area contributed by atoms with E-state index in [1.807, 2.05) is 0 Å². The number of fused-ring (bicyclic) bond motifs is 6. The van der Waals surface area contributed by atoms with E-state index < -0.39 is 0 Å². The van der Waals surface area contributed by atoms with E-state index in [0.717, 1.165) is 6.54 Å². The summed E-state index contributed by atoms with van der Waals surface area (Å²) in [5.74, 6) is 0. The van der Waals surface area contributed by atoms with Gasteiger partial charge in [-0.1, -0.05) is 54.6 Å². The summed E-state index contributed by atoms with van der Waals surface area (Å²) in [4.78, 5) is 0. The van der Waals surface area contributed by atoms with Crippen molar-refractivity contribution in [1.82, 2.24) is 9.13 Å². The predicted molar refractivity (Wildman–Crippen MR) is 125 cm³/mol. The second kappa shape index (κ2) is 5.99. The Hall–Kier alpha value is -3.52. The molecule has 0 radical (unpaired) electrons. The predicted octanol–water partition coefficient (Wildman–Crippen LogP) is 7.13. The molecule has 2 heteroatoms. The van der Waals surface area contributed by atoms with E-state index in [-0.39, 0.29) is 0 Å². The number of rotatable bonds is 2. The molecule has 0 saturated heterocycles. The summed E-state index contributed by atoms with van der Waals surface area (Å²) in [7, 11) is 2.16. The third-order valence-electron chi connectivity index (χ3n) is 6.34. The highest BCUT2D eigenvalue weighted by atomic mass is 15.0. The summed E-state index contributed by atoms with van der Waals surface area (Å²) < 4.78 is 4.71. The molecule has 2 heterocycles. The summed E-state index contributed by atoms with van der Waals surface area (Å²) in [5, 5.41) is 5.29. The fourth-order valence-electron chi connectivity index (χ4n) is 4.91. The highest BCUT2D eigenvalue weighted by Crippen LogP contribution is 2.35. The Balaban J connectivity index is 1.61. The highest BCUT2D eigenvalue weighted by Gasteiger charge is 2.12. The zero-order chi connectivity index (χ0) is 19.5. The van der Waals surface area contributed by atoms with E-state index in [9.17, 15) is 0 Å². The van der Waals surface area contributed by atoms with Crippen molar-refractivity contribution in [1.29, 1.82) is 0 Å². The normalized spacial score (nSPS) is 11.9. The Morgan fingerprint density at radius 2 is 1.14 bits per heavy atom. The maximum atomic E-state index is 2.40. The number of hydrogen-bond acceptors (Lipinski definition) is 0. The smallest absolute Gasteiger partial charge is 0.0494 e. The molecule has 6 aromatic rings. The second-order valence-corrected chi connectivity index (χ2v) is 7.80. The van der Waals surface area contributed by atoms with Crippen LogP contribution in [0.2, 0.25) is 0 Å². The fourth-order valence-corrected chi connectivity index (χ4v) is 4.91. The van der Waals surface area contributed by atoms with Gasteiger partial charge in [0.15, 0.2) is 0 Å². The van der Waals surface area contributed by atoms with Crippen LogP contribution in [0.4, 0.5) is 0 Å². The lowest BCUT2D eigenvalue weighted by molar-refractivity contribution is 0.827. The van der Waals surface area contributed by atoms with Gasteiger partial charge in [-0.15, -0.1) is 0 Å². The first-order valence-corrected chi connectivity index (χ1v) is 10.2. The molecule has 0 atom stereocenters. The second-order valence-electron chi connectivity index (χ2n) is 7.80. The monoisotopic (exact) mass is 374 g/mol. The van der Waals surface area contributed by atoms with Gasteiger partial charge in [0.1, 0.15) is 0 Å². The molecule has 6 rings (SSSR count). The Morgan fingerprint density at radius 3 is 1.93 bits per heavy atom. The molecule has 2 nitrogen and oxygen atoms in total. The lowest BCUT2D eigenvalue weighted by Crippen LogP contribution is -1.92. The molecule has 0 aliphatic heterocycles. The molecule has 0 fully saturated rings. The first-order chi connectivity index (χ1) is 14.3. The van der Waals surface area contributed by atoms with Crippen molar-refractivity contribution in [3.05, 3.63) is 84.9 Å². The molecule has 0 unspecified atom stereocenters. The summed E-state index contributed by atoms with van der Waals surface area (Å²) in [5.41, 5.74) is 7.71. The number of aryl methyl sites for hydroxylation is 2. The van der Waals surface area contributed by atoms with Crippen LogP contribution in [0, 0.1) is 0 Å². The Bertz CT molecular complexity index is 1550. The van der Waals surface area contributed by atoms with Gasteiger partial charge in [-0.2, -0.15) is 0 Å². The summed E-state index contributed by atoms with van der Waals surface area (Å²) in [6.07, 6.45) is 0. The SMILES string of the molecule is CCn1c2ccccc2c2cc(-c3ccc4c5ccccc5n(C)c4c3)ccc21. The van der Waals surface area contributed by atoms with Gasteiger partial charge in [0.05, 0.1) is 0 Å². The van der Waals surface area contributed by atoms with Gasteiger partial charge >= 0.3 is 0 Å². The molecular formula is C27H22N2. The fraction of sp³-hybridized carbons (Fsp3) is 0.111. The molecule has 0 bridgehead atoms. The first-order valence-electron chi connectivity index (χ1n) is 10.2. The molecule has 140 valence electrons. The van der Waals surface area contributed by atoms with Crippen molar-refractivity contribution in [3.8, 4) is 11.1 Å². The largest absolute Gasteiger partial charge is 0.344 e. The van der Waals surface area contributed by atoms with Gasteiger partial charge in [-0.05, 0) is 48.4 Å². The van der Waals surface area contributed by atoms with Crippen molar-refractivity contribution >= 4 is 43.6 Å². The summed E-state index contributed by atoms with van der Waals surface area (Å²) >= 11 is 0. The summed E-state index contributed by atoms with van der Waals surface area (Å²) in [6.45, 7) is 3.19. The third kappa shape index (κ3) is 2.23. The van der Waals surface area contributed by atoms with Crippen LogP contribution < -0.4 is 0 Å². The average molecular weight is 374 g/mol. The first kappa shape index (κ1) is 16.4. The van der Waals surface area contributed by atoms with E-state index >= 15 is 0 Å². The van der Waals surface area contributed by atoms with Crippen LogP contribution >= 0.6 is 0 Å². The van der Waals surface area contributed by atoms with Crippen LogP contribution in [0.25, 0.3) is 54.7 Å². The number of para-hydroxylation sites is 2. The van der Waals surface area contributed by atoms with Crippen LogP contribution in [-0.2, 0) is 13.6 Å². The Morgan fingerprint density at radius 1 is 0.552 bits per heavy atom. The molecule has 4 aromatic carbocycles. The molecule has 0 amide bonds. The van der Waals surface area contributed by atoms with Gasteiger partial charge < -0.3 is 9.13 Å². The van der Waals surface area contributed by atoms with E-state index in [1.165, 1.54) is 54.7 Å². The molecule has 0 aliphatic carbocycles. The van der Waals surface area contributed by atoms with E-state index in [0.29, 0.717) is 0 Å². The number of nitrogens with zero attached hydrogens (tertiary/aromatic N) is 2. The number of hydrogen-bond donors (Lipinski definition) is 0. The molecule has 0 spiro atoms. The van der Waals surface area contributed by atoms with Gasteiger partial charge in [0.2, 0.25) is 0 Å². The lowest BCUT2D eigenvalue weighted by Gasteiger charge is -2.06. The maximum Gasteiger partial charge on any atom is 0.0494 e. The van der Waals surface area contributed by atoms with E-state index in [1.54, 1.807) is 0 Å². The Labute approximate surface area is 169 Å². The van der Waals surface area contributed by atoms with Gasteiger partial charge in [0.25, 0.3) is 0 Å². The summed E-state index contributed by atoms with van der Waals surface area (Å²) in [6, 6.07) is 31.1. The van der Waals surface area contributed by atoms with Gasteiger partial charge in [-0.3, -0.25) is 0 Å². The molecule has 0 aliphatic rings. The van der Waals surface area contributed by atoms with Crippen molar-refractivity contribution in [2.45, 2.75) is 13.5 Å². The molecule has 2 aromatic heterocycles. The van der Waals surface area contributed by atoms with Crippen molar-refractivity contribution in [2.75, 3.05) is 0 Å². The van der Waals surface area contributed by atoms with Crippen molar-refractivity contribution in [3.63, 3.8) is 0 Å². The minimum atomic E-state index is 0.977. The average Bonchev–Trinajstić information content (AvgIpc) is 3.25. The Kier molecular flexibility index (Phi) is 3.39. The topological polar surface area (TPSA) is 9.86 Å². The van der Waals surface area contributed by atoms with Gasteiger partial charge in [-0.25, -0.2) is 0 Å². The standard InChI is InChI=1S/C27H22N2/c1-3-29-25-11-7-5-9-21(25)23-16-18(13-15-26(23)29)19-12-14-22-20-8-4-6-10-24(20)28(2)27(22)17-19/h4-17H,3H2,1-2H3. The van der Waals surface area contributed by atoms with Crippen LogP contribution in [0.3, 0.4) is 0 Å². The molecule has 29 heavy (non-hydrogen) atoms. The zero-order valence-electron chi connectivity index (χ0n) is 16.7. The lowest BCUT2D eigenvalue weighted by atomic mass is 10.0.